The molecule has 0 radical (unpaired) electrons. The molecule has 0 fully saturated rings. The van der Waals surface area contributed by atoms with Crippen LogP contribution in [0.5, 0.6) is 5.88 Å². The number of carbonyl (C=O) groups excluding carboxylic acids is 1. The standard InChI is InChI=1S/C20H23N5O3/c1-3-21-19-23-10-13(2)18(25-19)15-9-17(22-11-15)28-20(27)24-16(12-26)14-7-5-4-6-8-14/h4-11,16,22,26H,3,12H2,1-2H3,(H,24,27)(H,21,23,25). The number of amides is 1. The predicted molar refractivity (Wildman–Crippen MR) is 106 cm³/mol. The Morgan fingerprint density at radius 2 is 2.11 bits per heavy atom. The van der Waals surface area contributed by atoms with Crippen molar-refractivity contribution in [3.05, 3.63) is 59.9 Å². The van der Waals surface area contributed by atoms with Gasteiger partial charge in [-0.25, -0.2) is 14.8 Å². The third-order valence-electron chi connectivity index (χ3n) is 4.12. The van der Waals surface area contributed by atoms with Crippen LogP contribution < -0.4 is 15.4 Å². The highest BCUT2D eigenvalue weighted by Gasteiger charge is 2.16. The summed E-state index contributed by atoms with van der Waals surface area (Å²) in [5.41, 5.74) is 3.22. The zero-order chi connectivity index (χ0) is 19.9. The van der Waals surface area contributed by atoms with Gasteiger partial charge in [-0.05, 0) is 25.0 Å². The molecular formula is C20H23N5O3. The zero-order valence-electron chi connectivity index (χ0n) is 15.8. The summed E-state index contributed by atoms with van der Waals surface area (Å²) in [6.45, 7) is 4.37. The van der Waals surface area contributed by atoms with Gasteiger partial charge in [-0.15, -0.1) is 0 Å². The van der Waals surface area contributed by atoms with E-state index in [1.165, 1.54) is 0 Å². The summed E-state index contributed by atoms with van der Waals surface area (Å²) in [5, 5.41) is 15.3. The number of rotatable bonds is 7. The number of ether oxygens (including phenoxy) is 1. The quantitative estimate of drug-likeness (QED) is 0.500. The number of aromatic amines is 1. The number of benzene rings is 1. The summed E-state index contributed by atoms with van der Waals surface area (Å²) in [6, 6.07) is 10.4. The number of nitrogens with one attached hydrogen (secondary N) is 3. The number of aromatic nitrogens is 3. The van der Waals surface area contributed by atoms with E-state index in [2.05, 4.69) is 25.6 Å². The van der Waals surface area contributed by atoms with Crippen molar-refractivity contribution >= 4 is 12.0 Å². The lowest BCUT2D eigenvalue weighted by molar-refractivity contribution is 0.182. The Bertz CT molecular complexity index is 927. The van der Waals surface area contributed by atoms with Crippen molar-refractivity contribution < 1.29 is 14.6 Å². The maximum Gasteiger partial charge on any atom is 0.414 e. The number of aliphatic hydroxyl groups is 1. The molecule has 1 atom stereocenters. The van der Waals surface area contributed by atoms with Gasteiger partial charge in [0.05, 0.1) is 18.3 Å². The minimum Gasteiger partial charge on any atom is -0.394 e. The van der Waals surface area contributed by atoms with E-state index in [1.54, 1.807) is 18.5 Å². The van der Waals surface area contributed by atoms with Crippen molar-refractivity contribution in [1.29, 1.82) is 0 Å². The number of hydrogen-bond donors (Lipinski definition) is 4. The molecule has 0 bridgehead atoms. The van der Waals surface area contributed by atoms with Crippen molar-refractivity contribution in [1.82, 2.24) is 20.3 Å². The number of carbonyl (C=O) groups is 1. The van der Waals surface area contributed by atoms with E-state index in [1.807, 2.05) is 44.2 Å². The number of H-pyrrole nitrogens is 1. The number of nitrogens with zero attached hydrogens (tertiary/aromatic N) is 2. The van der Waals surface area contributed by atoms with Crippen LogP contribution in [0.1, 0.15) is 24.1 Å². The molecule has 2 heterocycles. The summed E-state index contributed by atoms with van der Waals surface area (Å²) in [6.07, 6.45) is 2.80. The third kappa shape index (κ3) is 4.66. The normalized spacial score (nSPS) is 11.7. The second kappa shape index (κ2) is 9.01. The minimum atomic E-state index is -0.663. The van der Waals surface area contributed by atoms with Crippen LogP contribution in [0, 0.1) is 6.92 Å². The number of anilines is 1. The topological polar surface area (TPSA) is 112 Å². The molecule has 4 N–H and O–H groups in total. The second-order valence-corrected chi connectivity index (χ2v) is 6.19. The largest absolute Gasteiger partial charge is 0.414 e. The van der Waals surface area contributed by atoms with Crippen LogP contribution in [0.25, 0.3) is 11.3 Å². The number of aliphatic hydroxyl groups excluding tert-OH is 1. The van der Waals surface area contributed by atoms with Gasteiger partial charge in [-0.2, -0.15) is 0 Å². The molecule has 0 saturated carbocycles. The highest BCUT2D eigenvalue weighted by atomic mass is 16.6. The van der Waals surface area contributed by atoms with Crippen LogP contribution in [-0.2, 0) is 0 Å². The van der Waals surface area contributed by atoms with Gasteiger partial charge in [-0.1, -0.05) is 30.3 Å². The molecule has 1 aromatic carbocycles. The smallest absolute Gasteiger partial charge is 0.394 e. The maximum atomic E-state index is 12.2. The summed E-state index contributed by atoms with van der Waals surface area (Å²) in [4.78, 5) is 23.8. The summed E-state index contributed by atoms with van der Waals surface area (Å²) in [5.74, 6) is 0.818. The Balaban J connectivity index is 1.69. The van der Waals surface area contributed by atoms with Crippen LogP contribution >= 0.6 is 0 Å². The molecule has 2 aromatic heterocycles. The molecule has 0 aliphatic rings. The molecule has 3 aromatic rings. The van der Waals surface area contributed by atoms with E-state index in [0.717, 1.165) is 28.9 Å². The van der Waals surface area contributed by atoms with Gasteiger partial charge in [0.1, 0.15) is 0 Å². The van der Waals surface area contributed by atoms with E-state index in [4.69, 9.17) is 4.74 Å². The first-order valence-electron chi connectivity index (χ1n) is 9.01. The monoisotopic (exact) mass is 381 g/mol. The van der Waals surface area contributed by atoms with Crippen molar-refractivity contribution in [3.63, 3.8) is 0 Å². The van der Waals surface area contributed by atoms with Gasteiger partial charge in [-0.3, -0.25) is 0 Å². The summed E-state index contributed by atoms with van der Waals surface area (Å²) >= 11 is 0. The van der Waals surface area contributed by atoms with Gasteiger partial charge < -0.3 is 25.5 Å². The Morgan fingerprint density at radius 3 is 2.82 bits per heavy atom. The lowest BCUT2D eigenvalue weighted by atomic mass is 10.1. The molecule has 8 nitrogen and oxygen atoms in total. The highest BCUT2D eigenvalue weighted by Crippen LogP contribution is 2.25. The first-order chi connectivity index (χ1) is 13.6. The van der Waals surface area contributed by atoms with Gasteiger partial charge in [0.15, 0.2) is 0 Å². The Hall–Kier alpha value is -3.39. The van der Waals surface area contributed by atoms with Gasteiger partial charge in [0.25, 0.3) is 0 Å². The lowest BCUT2D eigenvalue weighted by Gasteiger charge is -2.15. The molecule has 0 aliphatic heterocycles. The number of hydrogen-bond acceptors (Lipinski definition) is 6. The van der Waals surface area contributed by atoms with Gasteiger partial charge >= 0.3 is 6.09 Å². The second-order valence-electron chi connectivity index (χ2n) is 6.19. The molecule has 0 saturated heterocycles. The first-order valence-corrected chi connectivity index (χ1v) is 9.01. The maximum absolute atomic E-state index is 12.2. The van der Waals surface area contributed by atoms with E-state index in [9.17, 15) is 9.90 Å². The molecule has 146 valence electrons. The average molecular weight is 381 g/mol. The molecular weight excluding hydrogens is 358 g/mol. The molecule has 0 aliphatic carbocycles. The van der Waals surface area contributed by atoms with Crippen molar-refractivity contribution in [3.8, 4) is 17.1 Å². The Kier molecular flexibility index (Phi) is 6.23. The van der Waals surface area contributed by atoms with Crippen LogP contribution in [0.2, 0.25) is 0 Å². The van der Waals surface area contributed by atoms with Crippen molar-refractivity contribution in [2.75, 3.05) is 18.5 Å². The third-order valence-corrected chi connectivity index (χ3v) is 4.12. The van der Waals surface area contributed by atoms with Gasteiger partial charge in [0.2, 0.25) is 11.8 Å². The zero-order valence-corrected chi connectivity index (χ0v) is 15.8. The molecule has 28 heavy (non-hydrogen) atoms. The Morgan fingerprint density at radius 1 is 1.32 bits per heavy atom. The molecule has 3 rings (SSSR count). The molecule has 1 unspecified atom stereocenters. The summed E-state index contributed by atoms with van der Waals surface area (Å²) < 4.78 is 5.31. The average Bonchev–Trinajstić information content (AvgIpc) is 3.16. The van der Waals surface area contributed by atoms with E-state index in [0.29, 0.717) is 5.95 Å². The first kappa shape index (κ1) is 19.4. The summed E-state index contributed by atoms with van der Waals surface area (Å²) in [7, 11) is 0. The predicted octanol–water partition coefficient (Wildman–Crippen LogP) is 3.03. The van der Waals surface area contributed by atoms with E-state index in [-0.39, 0.29) is 12.5 Å². The fraction of sp³-hybridized carbons (Fsp3) is 0.250. The molecule has 0 spiro atoms. The van der Waals surface area contributed by atoms with Crippen molar-refractivity contribution in [2.24, 2.45) is 0 Å². The van der Waals surface area contributed by atoms with Crippen molar-refractivity contribution in [2.45, 2.75) is 19.9 Å². The SMILES string of the molecule is CCNc1ncc(C)c(-c2c[nH]c(OC(=O)NC(CO)c3ccccc3)c2)n1. The number of aryl methyl sites for hydroxylation is 1. The van der Waals surface area contributed by atoms with Gasteiger partial charge in [0, 0.05) is 30.6 Å². The highest BCUT2D eigenvalue weighted by molar-refractivity contribution is 5.72. The van der Waals surface area contributed by atoms with Crippen LogP contribution in [-0.4, -0.2) is 39.3 Å². The van der Waals surface area contributed by atoms with Crippen LogP contribution in [0.4, 0.5) is 10.7 Å². The molecule has 1 amide bonds. The Labute approximate surface area is 163 Å². The van der Waals surface area contributed by atoms with E-state index < -0.39 is 12.1 Å². The fourth-order valence-corrected chi connectivity index (χ4v) is 2.74. The molecule has 8 heteroatoms. The van der Waals surface area contributed by atoms with Crippen LogP contribution in [0.15, 0.2) is 48.8 Å². The lowest BCUT2D eigenvalue weighted by Crippen LogP contribution is -2.33. The van der Waals surface area contributed by atoms with Crippen LogP contribution in [0.3, 0.4) is 0 Å². The minimum absolute atomic E-state index is 0.234. The van der Waals surface area contributed by atoms with E-state index >= 15 is 0 Å². The fourth-order valence-electron chi connectivity index (χ4n) is 2.74.